The van der Waals surface area contributed by atoms with Gasteiger partial charge in [0.15, 0.2) is 0 Å². The number of likely N-dealkylation sites (tertiary alicyclic amines) is 1. The van der Waals surface area contributed by atoms with Crippen molar-refractivity contribution >= 4 is 18.0 Å². The largest absolute Gasteiger partial charge is 0.480 e. The molecule has 0 saturated carbocycles. The van der Waals surface area contributed by atoms with E-state index in [9.17, 15) is 14.4 Å². The molecule has 1 unspecified atom stereocenters. The number of hydrogen-bond donors (Lipinski definition) is 2. The Morgan fingerprint density at radius 2 is 1.69 bits per heavy atom. The highest BCUT2D eigenvalue weighted by atomic mass is 16.5. The number of alkyl carbamates (subject to hydrolysis) is 1. The minimum absolute atomic E-state index is 0.0552. The molecule has 35 heavy (non-hydrogen) atoms. The standard InChI is InChI=1S/C27H32N2O6/c1-3-4-13-23(25(32)29-16-27(2,17-29)35-15-24(30)31)28-26(33)34-14-22-20-11-7-5-9-18(20)19-10-6-8-12-21(19)22/h5-12,22-23H,3-4,13-17H2,1-2H3,(H,28,33)(H,30,31). The molecule has 8 heteroatoms. The van der Waals surface area contributed by atoms with Crippen LogP contribution in [0.4, 0.5) is 4.79 Å². The molecule has 186 valence electrons. The fourth-order valence-electron chi connectivity index (χ4n) is 4.91. The molecule has 0 spiro atoms. The van der Waals surface area contributed by atoms with Crippen molar-refractivity contribution in [1.29, 1.82) is 0 Å². The second-order valence-corrected chi connectivity index (χ2v) is 9.49. The Bertz CT molecular complexity index is 1050. The van der Waals surface area contributed by atoms with Gasteiger partial charge in [-0.15, -0.1) is 0 Å². The van der Waals surface area contributed by atoms with Crippen molar-refractivity contribution < 1.29 is 29.0 Å². The Labute approximate surface area is 205 Å². The summed E-state index contributed by atoms with van der Waals surface area (Å²) in [4.78, 5) is 38.2. The summed E-state index contributed by atoms with van der Waals surface area (Å²) >= 11 is 0. The molecule has 4 rings (SSSR count). The van der Waals surface area contributed by atoms with Crippen LogP contribution in [0.25, 0.3) is 11.1 Å². The molecule has 2 aliphatic rings. The van der Waals surface area contributed by atoms with E-state index in [1.807, 2.05) is 31.2 Å². The molecule has 1 heterocycles. The van der Waals surface area contributed by atoms with Gasteiger partial charge < -0.3 is 24.8 Å². The predicted octanol–water partition coefficient (Wildman–Crippen LogP) is 3.79. The summed E-state index contributed by atoms with van der Waals surface area (Å²) in [5, 5.41) is 11.6. The van der Waals surface area contributed by atoms with Gasteiger partial charge in [-0.2, -0.15) is 0 Å². The van der Waals surface area contributed by atoms with Crippen molar-refractivity contribution in [2.75, 3.05) is 26.3 Å². The first-order valence-corrected chi connectivity index (χ1v) is 12.1. The van der Waals surface area contributed by atoms with E-state index in [0.717, 1.165) is 35.1 Å². The van der Waals surface area contributed by atoms with Gasteiger partial charge in [-0.3, -0.25) is 4.79 Å². The van der Waals surface area contributed by atoms with Crippen molar-refractivity contribution in [1.82, 2.24) is 10.2 Å². The van der Waals surface area contributed by atoms with Crippen LogP contribution in [0.15, 0.2) is 48.5 Å². The van der Waals surface area contributed by atoms with Crippen molar-refractivity contribution in [3.8, 4) is 11.1 Å². The second kappa shape index (κ2) is 10.5. The lowest BCUT2D eigenvalue weighted by atomic mass is 9.94. The summed E-state index contributed by atoms with van der Waals surface area (Å²) in [6.07, 6.45) is 1.55. The number of ether oxygens (including phenoxy) is 2. The van der Waals surface area contributed by atoms with Crippen LogP contribution in [-0.2, 0) is 19.1 Å². The fraction of sp³-hybridized carbons (Fsp3) is 0.444. The maximum Gasteiger partial charge on any atom is 0.407 e. The Balaban J connectivity index is 1.36. The van der Waals surface area contributed by atoms with Crippen molar-refractivity contribution in [2.45, 2.75) is 50.7 Å². The molecule has 1 saturated heterocycles. The summed E-state index contributed by atoms with van der Waals surface area (Å²) in [7, 11) is 0. The third-order valence-electron chi connectivity index (χ3n) is 6.69. The third-order valence-corrected chi connectivity index (χ3v) is 6.69. The summed E-state index contributed by atoms with van der Waals surface area (Å²) in [5.41, 5.74) is 3.87. The Morgan fingerprint density at radius 3 is 2.26 bits per heavy atom. The normalized spacial score (nSPS) is 16.6. The summed E-state index contributed by atoms with van der Waals surface area (Å²) in [6.45, 7) is 4.15. The molecule has 1 aliphatic heterocycles. The van der Waals surface area contributed by atoms with Gasteiger partial charge >= 0.3 is 12.1 Å². The first-order chi connectivity index (χ1) is 16.8. The average molecular weight is 481 g/mol. The molecule has 1 fully saturated rings. The van der Waals surface area contributed by atoms with Crippen LogP contribution in [0.5, 0.6) is 0 Å². The molecule has 0 bridgehead atoms. The van der Waals surface area contributed by atoms with Crippen molar-refractivity contribution in [3.63, 3.8) is 0 Å². The average Bonchev–Trinajstić information content (AvgIpc) is 3.15. The summed E-state index contributed by atoms with van der Waals surface area (Å²) in [5.74, 6) is -1.31. The number of unbranched alkanes of at least 4 members (excludes halogenated alkanes) is 1. The van der Waals surface area contributed by atoms with E-state index in [4.69, 9.17) is 14.6 Å². The monoisotopic (exact) mass is 480 g/mol. The smallest absolute Gasteiger partial charge is 0.407 e. The number of carbonyl (C=O) groups is 3. The number of amides is 2. The highest BCUT2D eigenvalue weighted by molar-refractivity contribution is 5.86. The number of nitrogens with zero attached hydrogens (tertiary/aromatic N) is 1. The van der Waals surface area contributed by atoms with Crippen LogP contribution in [0.3, 0.4) is 0 Å². The molecule has 1 aliphatic carbocycles. The zero-order valence-electron chi connectivity index (χ0n) is 20.2. The van der Waals surface area contributed by atoms with Crippen LogP contribution < -0.4 is 5.32 Å². The van der Waals surface area contributed by atoms with E-state index in [-0.39, 0.29) is 31.5 Å². The van der Waals surface area contributed by atoms with Gasteiger partial charge in [0.25, 0.3) is 0 Å². The van der Waals surface area contributed by atoms with E-state index in [0.29, 0.717) is 6.42 Å². The molecule has 2 aromatic rings. The molecule has 0 aromatic heterocycles. The molecule has 0 radical (unpaired) electrons. The first-order valence-electron chi connectivity index (χ1n) is 12.1. The SMILES string of the molecule is CCCCC(NC(=O)OCC1c2ccccc2-c2ccccc21)C(=O)N1CC(C)(OCC(=O)O)C1. The van der Waals surface area contributed by atoms with E-state index >= 15 is 0 Å². The highest BCUT2D eigenvalue weighted by Crippen LogP contribution is 2.44. The minimum atomic E-state index is -1.05. The maximum absolute atomic E-state index is 13.1. The summed E-state index contributed by atoms with van der Waals surface area (Å²) in [6, 6.07) is 15.5. The number of benzene rings is 2. The number of hydrogen-bond acceptors (Lipinski definition) is 5. The van der Waals surface area contributed by atoms with Crippen LogP contribution in [0.1, 0.15) is 50.2 Å². The Morgan fingerprint density at radius 1 is 1.09 bits per heavy atom. The second-order valence-electron chi connectivity index (χ2n) is 9.49. The number of aliphatic carboxylic acids is 1. The molecule has 2 amide bonds. The predicted molar refractivity (Wildman–Crippen MR) is 130 cm³/mol. The van der Waals surface area contributed by atoms with E-state index in [2.05, 4.69) is 29.6 Å². The molecule has 1 atom stereocenters. The molecule has 2 aromatic carbocycles. The van der Waals surface area contributed by atoms with Crippen LogP contribution >= 0.6 is 0 Å². The van der Waals surface area contributed by atoms with Crippen LogP contribution in [0, 0.1) is 0 Å². The Kier molecular flexibility index (Phi) is 7.40. The first kappa shape index (κ1) is 24.7. The maximum atomic E-state index is 13.1. The van der Waals surface area contributed by atoms with Gasteiger partial charge in [0.2, 0.25) is 5.91 Å². The number of carboxylic acid groups (broad SMARTS) is 1. The number of fused-ring (bicyclic) bond motifs is 3. The van der Waals surface area contributed by atoms with Crippen LogP contribution in [0.2, 0.25) is 0 Å². The molecule has 8 nitrogen and oxygen atoms in total. The molecular weight excluding hydrogens is 448 g/mol. The minimum Gasteiger partial charge on any atom is -0.480 e. The van der Waals surface area contributed by atoms with Gasteiger partial charge in [0.05, 0.1) is 13.1 Å². The van der Waals surface area contributed by atoms with Gasteiger partial charge in [0, 0.05) is 5.92 Å². The number of carboxylic acids is 1. The molecular formula is C27H32N2O6. The van der Waals surface area contributed by atoms with Gasteiger partial charge in [-0.1, -0.05) is 68.3 Å². The quantitative estimate of drug-likeness (QED) is 0.536. The van der Waals surface area contributed by atoms with Gasteiger partial charge in [-0.05, 0) is 35.6 Å². The number of carbonyl (C=O) groups excluding carboxylic acids is 2. The highest BCUT2D eigenvalue weighted by Gasteiger charge is 2.44. The lowest BCUT2D eigenvalue weighted by molar-refractivity contribution is -0.174. The van der Waals surface area contributed by atoms with Crippen molar-refractivity contribution in [3.05, 3.63) is 59.7 Å². The number of nitrogens with one attached hydrogen (secondary N) is 1. The van der Waals surface area contributed by atoms with E-state index < -0.39 is 30.3 Å². The lowest BCUT2D eigenvalue weighted by Crippen LogP contribution is -2.66. The third kappa shape index (κ3) is 5.48. The zero-order chi connectivity index (χ0) is 25.0. The van der Waals surface area contributed by atoms with E-state index in [1.165, 1.54) is 0 Å². The van der Waals surface area contributed by atoms with Gasteiger partial charge in [-0.25, -0.2) is 9.59 Å². The Hall–Kier alpha value is -3.39. The van der Waals surface area contributed by atoms with Crippen molar-refractivity contribution in [2.24, 2.45) is 0 Å². The zero-order valence-corrected chi connectivity index (χ0v) is 20.2. The fourth-order valence-corrected chi connectivity index (χ4v) is 4.91. The van der Waals surface area contributed by atoms with E-state index in [1.54, 1.807) is 11.8 Å². The lowest BCUT2D eigenvalue weighted by Gasteiger charge is -2.48. The van der Waals surface area contributed by atoms with Gasteiger partial charge in [0.1, 0.15) is 24.9 Å². The summed E-state index contributed by atoms with van der Waals surface area (Å²) < 4.78 is 11.0. The van der Waals surface area contributed by atoms with Crippen LogP contribution in [-0.4, -0.2) is 65.9 Å². The number of rotatable bonds is 10. The molecule has 2 N–H and O–H groups in total. The topological polar surface area (TPSA) is 105 Å².